The van der Waals surface area contributed by atoms with Crippen molar-refractivity contribution >= 4 is 23.0 Å². The molecule has 1 aliphatic carbocycles. The summed E-state index contributed by atoms with van der Waals surface area (Å²) >= 11 is 1.94. The average molecular weight is 332 g/mol. The third kappa shape index (κ3) is 2.44. The van der Waals surface area contributed by atoms with Gasteiger partial charge in [-0.2, -0.15) is 0 Å². The number of hydrogen-bond acceptors (Lipinski definition) is 2. The molecule has 0 N–H and O–H groups in total. The van der Waals surface area contributed by atoms with Crippen LogP contribution in [-0.4, -0.2) is 7.11 Å². The van der Waals surface area contributed by atoms with Gasteiger partial charge in [0.15, 0.2) is 34.5 Å². The summed E-state index contributed by atoms with van der Waals surface area (Å²) in [4.78, 5) is 0. The van der Waals surface area contributed by atoms with Crippen LogP contribution >= 0.6 is 23.0 Å². The van der Waals surface area contributed by atoms with Crippen LogP contribution in [0.25, 0.3) is 0 Å². The van der Waals surface area contributed by atoms with E-state index in [4.69, 9.17) is 7.80 Å². The molecular formula is C13H17IO2. The zero-order chi connectivity index (χ0) is 11.4. The lowest BCUT2D eigenvalue weighted by Crippen LogP contribution is -2.06. The molecule has 0 aliphatic heterocycles. The molecule has 0 radical (unpaired) electrons. The molecule has 2 nitrogen and oxygen atoms in total. The van der Waals surface area contributed by atoms with Gasteiger partial charge < -0.3 is 7.80 Å². The molecule has 1 fully saturated rings. The third-order valence-corrected chi connectivity index (χ3v) is 3.79. The third-order valence-electron chi connectivity index (χ3n) is 3.35. The Morgan fingerprint density at radius 3 is 2.56 bits per heavy atom. The van der Waals surface area contributed by atoms with Crippen molar-refractivity contribution < 1.29 is 7.80 Å². The van der Waals surface area contributed by atoms with Crippen molar-refractivity contribution in [2.45, 2.75) is 38.0 Å². The summed E-state index contributed by atoms with van der Waals surface area (Å²) < 4.78 is 10.8. The fraction of sp³-hybridized carbons (Fsp3) is 0.538. The molecule has 0 spiro atoms. The minimum Gasteiger partial charge on any atom is -0.493 e. The zero-order valence-corrected chi connectivity index (χ0v) is 11.7. The summed E-state index contributed by atoms with van der Waals surface area (Å²) in [6.07, 6.45) is 6.60. The molecule has 1 aromatic carbocycles. The first kappa shape index (κ1) is 12.0. The number of para-hydroxylation sites is 1. The van der Waals surface area contributed by atoms with Gasteiger partial charge in [-0.1, -0.05) is 31.4 Å². The number of methoxy groups -OCH3 is 1. The lowest BCUT2D eigenvalue weighted by molar-refractivity contribution is 0.395. The van der Waals surface area contributed by atoms with Crippen LogP contribution in [0.5, 0.6) is 11.5 Å². The van der Waals surface area contributed by atoms with Crippen LogP contribution < -0.4 is 7.80 Å². The molecule has 88 valence electrons. The second-order valence-electron chi connectivity index (χ2n) is 4.29. The van der Waals surface area contributed by atoms with Crippen LogP contribution in [0, 0.1) is 0 Å². The van der Waals surface area contributed by atoms with Gasteiger partial charge in [-0.15, -0.1) is 0 Å². The second kappa shape index (κ2) is 5.75. The van der Waals surface area contributed by atoms with Crippen molar-refractivity contribution in [1.29, 1.82) is 0 Å². The highest BCUT2D eigenvalue weighted by Gasteiger charge is 2.21. The predicted octanol–water partition coefficient (Wildman–Crippen LogP) is 4.47. The van der Waals surface area contributed by atoms with E-state index in [1.165, 1.54) is 37.7 Å². The van der Waals surface area contributed by atoms with Crippen LogP contribution in [-0.2, 0) is 0 Å². The molecule has 3 heteroatoms. The van der Waals surface area contributed by atoms with Crippen LogP contribution in [0.3, 0.4) is 0 Å². The van der Waals surface area contributed by atoms with Gasteiger partial charge in [0.25, 0.3) is 0 Å². The van der Waals surface area contributed by atoms with E-state index in [9.17, 15) is 0 Å². The lowest BCUT2D eigenvalue weighted by Gasteiger charge is -2.24. The topological polar surface area (TPSA) is 18.5 Å². The van der Waals surface area contributed by atoms with Gasteiger partial charge in [0.1, 0.15) is 0 Å². The van der Waals surface area contributed by atoms with E-state index in [2.05, 4.69) is 12.1 Å². The Hall–Kier alpha value is -0.450. The van der Waals surface area contributed by atoms with Crippen LogP contribution in [0.15, 0.2) is 18.2 Å². The van der Waals surface area contributed by atoms with Crippen LogP contribution in [0.1, 0.15) is 43.6 Å². The molecule has 0 aromatic heterocycles. The Morgan fingerprint density at radius 1 is 1.19 bits per heavy atom. The molecule has 0 saturated heterocycles. The first-order valence-electron chi connectivity index (χ1n) is 5.82. The fourth-order valence-electron chi connectivity index (χ4n) is 2.51. The Balaban J connectivity index is 2.30. The highest BCUT2D eigenvalue weighted by atomic mass is 127. The smallest absolute Gasteiger partial charge is 0.192 e. The Bertz CT molecular complexity index is 346. The van der Waals surface area contributed by atoms with E-state index in [1.54, 1.807) is 7.11 Å². The van der Waals surface area contributed by atoms with Gasteiger partial charge >= 0.3 is 0 Å². The minimum absolute atomic E-state index is 0.647. The van der Waals surface area contributed by atoms with E-state index < -0.39 is 0 Å². The van der Waals surface area contributed by atoms with Gasteiger partial charge in [-0.3, -0.25) is 0 Å². The largest absolute Gasteiger partial charge is 0.493 e. The maximum absolute atomic E-state index is 5.47. The summed E-state index contributed by atoms with van der Waals surface area (Å²) in [5.41, 5.74) is 1.31. The van der Waals surface area contributed by atoms with Gasteiger partial charge in [-0.25, -0.2) is 0 Å². The van der Waals surface area contributed by atoms with E-state index in [0.717, 1.165) is 11.5 Å². The molecule has 1 aliphatic rings. The number of hydrogen-bond donors (Lipinski definition) is 0. The minimum atomic E-state index is 0.647. The quantitative estimate of drug-likeness (QED) is 0.760. The molecule has 0 atom stereocenters. The Kier molecular flexibility index (Phi) is 4.32. The number of benzene rings is 1. The number of rotatable bonds is 3. The molecule has 16 heavy (non-hydrogen) atoms. The molecule has 1 saturated carbocycles. The Labute approximate surface area is 111 Å². The maximum Gasteiger partial charge on any atom is 0.192 e. The van der Waals surface area contributed by atoms with E-state index in [-0.39, 0.29) is 0 Å². The zero-order valence-electron chi connectivity index (χ0n) is 9.54. The normalized spacial score (nSPS) is 17.1. The number of halogens is 1. The van der Waals surface area contributed by atoms with Gasteiger partial charge in [-0.05, 0) is 24.8 Å². The van der Waals surface area contributed by atoms with Crippen molar-refractivity contribution in [3.05, 3.63) is 23.8 Å². The van der Waals surface area contributed by atoms with E-state index in [0.29, 0.717) is 5.92 Å². The molecule has 0 bridgehead atoms. The SMILES string of the molecule is COc1cccc(C2CCCCC2)c1OI. The standard InChI is InChI=1S/C13H17IO2/c1-15-12-9-5-8-11(13(12)16-14)10-6-3-2-4-7-10/h5,8-10H,2-4,6-7H2,1H3. The first-order valence-corrected chi connectivity index (χ1v) is 6.70. The molecule has 0 unspecified atom stereocenters. The van der Waals surface area contributed by atoms with Crippen LogP contribution in [0.2, 0.25) is 0 Å². The average Bonchev–Trinajstić information content (AvgIpc) is 2.38. The fourth-order valence-corrected chi connectivity index (χ4v) is 2.98. The summed E-state index contributed by atoms with van der Waals surface area (Å²) in [6.45, 7) is 0. The monoisotopic (exact) mass is 332 g/mol. The molecule has 0 heterocycles. The molecule has 1 aromatic rings. The van der Waals surface area contributed by atoms with Crippen LogP contribution in [0.4, 0.5) is 0 Å². The Morgan fingerprint density at radius 2 is 1.94 bits per heavy atom. The molecular weight excluding hydrogens is 315 g/mol. The molecule has 0 amide bonds. The van der Waals surface area contributed by atoms with Crippen molar-refractivity contribution in [2.75, 3.05) is 7.11 Å². The van der Waals surface area contributed by atoms with E-state index >= 15 is 0 Å². The van der Waals surface area contributed by atoms with Gasteiger partial charge in [0.2, 0.25) is 0 Å². The highest BCUT2D eigenvalue weighted by Crippen LogP contribution is 2.42. The van der Waals surface area contributed by atoms with Gasteiger partial charge in [0, 0.05) is 5.56 Å². The number of ether oxygens (including phenoxy) is 1. The lowest BCUT2D eigenvalue weighted by atomic mass is 9.83. The highest BCUT2D eigenvalue weighted by molar-refractivity contribution is 14.1. The van der Waals surface area contributed by atoms with Crippen molar-refractivity contribution in [3.8, 4) is 11.5 Å². The summed E-state index contributed by atoms with van der Waals surface area (Å²) in [5, 5.41) is 0. The van der Waals surface area contributed by atoms with Crippen molar-refractivity contribution in [1.82, 2.24) is 0 Å². The van der Waals surface area contributed by atoms with Crippen molar-refractivity contribution in [3.63, 3.8) is 0 Å². The first-order chi connectivity index (χ1) is 7.86. The summed E-state index contributed by atoms with van der Waals surface area (Å²) in [6, 6.07) is 6.19. The predicted molar refractivity (Wildman–Crippen MR) is 73.5 cm³/mol. The maximum atomic E-state index is 5.47. The summed E-state index contributed by atoms with van der Waals surface area (Å²) in [5.74, 6) is 2.41. The van der Waals surface area contributed by atoms with E-state index in [1.807, 2.05) is 29.1 Å². The second-order valence-corrected chi connectivity index (χ2v) is 4.73. The van der Waals surface area contributed by atoms with Crippen molar-refractivity contribution in [2.24, 2.45) is 0 Å². The van der Waals surface area contributed by atoms with Gasteiger partial charge in [0.05, 0.1) is 7.11 Å². The molecule has 2 rings (SSSR count). The summed E-state index contributed by atoms with van der Waals surface area (Å²) in [7, 11) is 1.69.